The molecule has 1 aliphatic carbocycles. The Morgan fingerprint density at radius 3 is 2.17 bits per heavy atom. The van der Waals surface area contributed by atoms with E-state index in [9.17, 15) is 4.79 Å². The van der Waals surface area contributed by atoms with E-state index in [1.54, 1.807) is 0 Å². The molecule has 1 fully saturated rings. The maximum absolute atomic E-state index is 12.9. The second-order valence-corrected chi connectivity index (χ2v) is 6.74. The molecule has 3 heteroatoms. The van der Waals surface area contributed by atoms with Crippen molar-refractivity contribution in [2.45, 2.75) is 65.8 Å². The third-order valence-electron chi connectivity index (χ3n) is 4.02. The molecule has 18 heavy (non-hydrogen) atoms. The largest absolute Gasteiger partial charge is 0.339 e. The van der Waals surface area contributed by atoms with Crippen LogP contribution in [0.4, 0.5) is 0 Å². The standard InChI is InChI=1S/C15H28ClNO/c1-12(2)11-15(7-5-6-8-15)14(18)17(10-9-16)13(3)4/h12-13H,5-11H2,1-4H3. The van der Waals surface area contributed by atoms with Crippen LogP contribution in [0.2, 0.25) is 0 Å². The second kappa shape index (κ2) is 6.79. The fourth-order valence-corrected chi connectivity index (χ4v) is 3.51. The summed E-state index contributed by atoms with van der Waals surface area (Å²) in [5, 5.41) is 0. The summed E-state index contributed by atoms with van der Waals surface area (Å²) in [6, 6.07) is 0.251. The maximum Gasteiger partial charge on any atom is 0.229 e. The van der Waals surface area contributed by atoms with Gasteiger partial charge in [-0.1, -0.05) is 26.7 Å². The van der Waals surface area contributed by atoms with Crippen LogP contribution in [-0.2, 0) is 4.79 Å². The van der Waals surface area contributed by atoms with E-state index in [1.165, 1.54) is 12.8 Å². The van der Waals surface area contributed by atoms with E-state index in [0.29, 0.717) is 24.2 Å². The van der Waals surface area contributed by atoms with Crippen molar-refractivity contribution >= 4 is 17.5 Å². The van der Waals surface area contributed by atoms with E-state index in [-0.39, 0.29) is 11.5 Å². The van der Waals surface area contributed by atoms with Crippen LogP contribution < -0.4 is 0 Å². The van der Waals surface area contributed by atoms with Crippen molar-refractivity contribution in [1.29, 1.82) is 0 Å². The quantitative estimate of drug-likeness (QED) is 0.668. The molecule has 1 amide bonds. The molecule has 0 N–H and O–H groups in total. The summed E-state index contributed by atoms with van der Waals surface area (Å²) in [7, 11) is 0. The smallest absolute Gasteiger partial charge is 0.229 e. The van der Waals surface area contributed by atoms with Crippen LogP contribution >= 0.6 is 11.6 Å². The molecule has 106 valence electrons. The number of amides is 1. The van der Waals surface area contributed by atoms with Crippen molar-refractivity contribution in [1.82, 2.24) is 4.90 Å². The Kier molecular flexibility index (Phi) is 5.97. The Hall–Kier alpha value is -0.240. The first kappa shape index (κ1) is 15.8. The monoisotopic (exact) mass is 273 g/mol. The number of halogens is 1. The van der Waals surface area contributed by atoms with E-state index in [0.717, 1.165) is 19.3 Å². The average Bonchev–Trinajstić information content (AvgIpc) is 2.73. The van der Waals surface area contributed by atoms with Crippen LogP contribution in [0.15, 0.2) is 0 Å². The molecular formula is C15H28ClNO. The van der Waals surface area contributed by atoms with Gasteiger partial charge in [-0.2, -0.15) is 0 Å². The van der Waals surface area contributed by atoms with Crippen molar-refractivity contribution in [2.24, 2.45) is 11.3 Å². The van der Waals surface area contributed by atoms with Crippen molar-refractivity contribution in [3.63, 3.8) is 0 Å². The van der Waals surface area contributed by atoms with Gasteiger partial charge < -0.3 is 4.90 Å². The minimum atomic E-state index is -0.0928. The van der Waals surface area contributed by atoms with Crippen molar-refractivity contribution < 1.29 is 4.79 Å². The van der Waals surface area contributed by atoms with Crippen molar-refractivity contribution in [2.75, 3.05) is 12.4 Å². The molecule has 0 bridgehead atoms. The number of carbonyl (C=O) groups excluding carboxylic acids is 1. The molecule has 1 rings (SSSR count). The number of hydrogen-bond donors (Lipinski definition) is 0. The minimum Gasteiger partial charge on any atom is -0.339 e. The molecule has 0 heterocycles. The SMILES string of the molecule is CC(C)CC1(C(=O)N(CCCl)C(C)C)CCCC1. The summed E-state index contributed by atoms with van der Waals surface area (Å²) in [6.07, 6.45) is 5.55. The average molecular weight is 274 g/mol. The molecule has 0 atom stereocenters. The van der Waals surface area contributed by atoms with Gasteiger partial charge in [-0.15, -0.1) is 11.6 Å². The zero-order valence-electron chi connectivity index (χ0n) is 12.3. The fourth-order valence-electron chi connectivity index (χ4n) is 3.33. The van der Waals surface area contributed by atoms with Gasteiger partial charge in [0.1, 0.15) is 0 Å². The number of nitrogens with zero attached hydrogens (tertiary/aromatic N) is 1. The lowest BCUT2D eigenvalue weighted by Crippen LogP contribution is -2.47. The predicted octanol–water partition coefficient (Wildman–Crippen LogP) is 4.07. The van der Waals surface area contributed by atoms with Gasteiger partial charge in [0.05, 0.1) is 0 Å². The highest BCUT2D eigenvalue weighted by molar-refractivity contribution is 6.18. The molecule has 2 nitrogen and oxygen atoms in total. The molecule has 0 aromatic carbocycles. The predicted molar refractivity (Wildman–Crippen MR) is 77.9 cm³/mol. The molecular weight excluding hydrogens is 246 g/mol. The zero-order chi connectivity index (χ0) is 13.8. The van der Waals surface area contributed by atoms with Gasteiger partial charge in [0.25, 0.3) is 0 Å². The van der Waals surface area contributed by atoms with Gasteiger partial charge >= 0.3 is 0 Å². The Balaban J connectivity index is 2.87. The topological polar surface area (TPSA) is 20.3 Å². The molecule has 1 saturated carbocycles. The third-order valence-corrected chi connectivity index (χ3v) is 4.19. The first-order valence-electron chi connectivity index (χ1n) is 7.30. The highest BCUT2D eigenvalue weighted by Crippen LogP contribution is 2.44. The molecule has 0 unspecified atom stereocenters. The Labute approximate surface area is 117 Å². The van der Waals surface area contributed by atoms with E-state index in [4.69, 9.17) is 11.6 Å². The van der Waals surface area contributed by atoms with Gasteiger partial charge in [0.15, 0.2) is 0 Å². The Morgan fingerprint density at radius 2 is 1.78 bits per heavy atom. The lowest BCUT2D eigenvalue weighted by molar-refractivity contribution is -0.144. The Bertz CT molecular complexity index is 270. The number of rotatable bonds is 6. The van der Waals surface area contributed by atoms with Gasteiger partial charge in [-0.3, -0.25) is 4.79 Å². The molecule has 0 aromatic rings. The van der Waals surface area contributed by atoms with Crippen LogP contribution in [0.25, 0.3) is 0 Å². The summed E-state index contributed by atoms with van der Waals surface area (Å²) < 4.78 is 0. The van der Waals surface area contributed by atoms with E-state index < -0.39 is 0 Å². The molecule has 0 saturated heterocycles. The van der Waals surface area contributed by atoms with Gasteiger partial charge in [0, 0.05) is 23.9 Å². The van der Waals surface area contributed by atoms with Crippen molar-refractivity contribution in [3.05, 3.63) is 0 Å². The summed E-state index contributed by atoms with van der Waals surface area (Å²) in [4.78, 5) is 14.9. The summed E-state index contributed by atoms with van der Waals surface area (Å²) in [5.74, 6) is 1.46. The number of carbonyl (C=O) groups is 1. The van der Waals surface area contributed by atoms with E-state index in [2.05, 4.69) is 27.7 Å². The summed E-state index contributed by atoms with van der Waals surface area (Å²) in [6.45, 7) is 9.28. The van der Waals surface area contributed by atoms with Gasteiger partial charge in [-0.25, -0.2) is 0 Å². The van der Waals surface area contributed by atoms with Gasteiger partial charge in [0.2, 0.25) is 5.91 Å². The van der Waals surface area contributed by atoms with Crippen LogP contribution in [0.1, 0.15) is 59.8 Å². The van der Waals surface area contributed by atoms with Crippen LogP contribution in [0.5, 0.6) is 0 Å². The number of hydrogen-bond acceptors (Lipinski definition) is 1. The van der Waals surface area contributed by atoms with Crippen LogP contribution in [0.3, 0.4) is 0 Å². The highest BCUT2D eigenvalue weighted by atomic mass is 35.5. The highest BCUT2D eigenvalue weighted by Gasteiger charge is 2.43. The fraction of sp³-hybridized carbons (Fsp3) is 0.933. The first-order valence-corrected chi connectivity index (χ1v) is 7.83. The van der Waals surface area contributed by atoms with E-state index in [1.807, 2.05) is 4.90 Å². The molecule has 1 aliphatic rings. The van der Waals surface area contributed by atoms with E-state index >= 15 is 0 Å². The maximum atomic E-state index is 12.9. The first-order chi connectivity index (χ1) is 8.43. The van der Waals surface area contributed by atoms with Crippen LogP contribution in [0, 0.1) is 11.3 Å². The normalized spacial score (nSPS) is 18.6. The molecule has 0 spiro atoms. The molecule has 0 aliphatic heterocycles. The second-order valence-electron chi connectivity index (χ2n) is 6.37. The zero-order valence-corrected chi connectivity index (χ0v) is 13.1. The van der Waals surface area contributed by atoms with Crippen molar-refractivity contribution in [3.8, 4) is 0 Å². The lowest BCUT2D eigenvalue weighted by atomic mass is 9.77. The lowest BCUT2D eigenvalue weighted by Gasteiger charge is -2.37. The van der Waals surface area contributed by atoms with Gasteiger partial charge in [-0.05, 0) is 39.0 Å². The minimum absolute atomic E-state index is 0.0928. The number of alkyl halides is 1. The molecule has 0 aromatic heterocycles. The molecule has 0 radical (unpaired) electrons. The summed E-state index contributed by atoms with van der Waals surface area (Å²) >= 11 is 5.85. The Morgan fingerprint density at radius 1 is 1.22 bits per heavy atom. The van der Waals surface area contributed by atoms with Crippen LogP contribution in [-0.4, -0.2) is 29.3 Å². The summed E-state index contributed by atoms with van der Waals surface area (Å²) in [5.41, 5.74) is -0.0928. The third kappa shape index (κ3) is 3.63.